The van der Waals surface area contributed by atoms with E-state index in [1.165, 1.54) is 19.3 Å². The van der Waals surface area contributed by atoms with Crippen LogP contribution in [0, 0.1) is 0 Å². The number of aromatic nitrogens is 2. The molecule has 0 atom stereocenters. The molecule has 2 rings (SSSR count). The maximum atomic E-state index is 6.15. The van der Waals surface area contributed by atoms with Crippen LogP contribution in [0.25, 0.3) is 0 Å². The summed E-state index contributed by atoms with van der Waals surface area (Å²) in [5.74, 6) is 2.11. The molecule has 0 saturated heterocycles. The third-order valence-corrected chi connectivity index (χ3v) is 3.75. The molecule has 1 aliphatic carbocycles. The van der Waals surface area contributed by atoms with Crippen LogP contribution in [-0.2, 0) is 6.54 Å². The predicted octanol–water partition coefficient (Wildman–Crippen LogP) is 3.42. The van der Waals surface area contributed by atoms with Crippen LogP contribution in [0.3, 0.4) is 0 Å². The van der Waals surface area contributed by atoms with Gasteiger partial charge >= 0.3 is 0 Å². The fourth-order valence-corrected chi connectivity index (χ4v) is 2.53. The molecule has 0 radical (unpaired) electrons. The first kappa shape index (κ1) is 15.2. The number of ether oxygens (including phenoxy) is 1. The van der Waals surface area contributed by atoms with Gasteiger partial charge in [0.1, 0.15) is 5.82 Å². The molecular formula is C16H27N3O. The minimum absolute atomic E-state index is 0.345. The highest BCUT2D eigenvalue weighted by atomic mass is 16.5. The molecular weight excluding hydrogens is 250 g/mol. The second-order valence-corrected chi connectivity index (χ2v) is 5.85. The van der Waals surface area contributed by atoms with E-state index < -0.39 is 0 Å². The number of hydrogen-bond acceptors (Lipinski definition) is 4. The Morgan fingerprint density at radius 2 is 2.05 bits per heavy atom. The molecule has 112 valence electrons. The van der Waals surface area contributed by atoms with Gasteiger partial charge in [0.2, 0.25) is 0 Å². The van der Waals surface area contributed by atoms with E-state index >= 15 is 0 Å². The number of nitrogens with one attached hydrogen (secondary N) is 1. The van der Waals surface area contributed by atoms with Crippen molar-refractivity contribution in [2.24, 2.45) is 0 Å². The van der Waals surface area contributed by atoms with Gasteiger partial charge in [0.25, 0.3) is 0 Å². The van der Waals surface area contributed by atoms with Crippen LogP contribution in [0.4, 0.5) is 0 Å². The van der Waals surface area contributed by atoms with Crippen LogP contribution in [0.2, 0.25) is 0 Å². The highest BCUT2D eigenvalue weighted by Crippen LogP contribution is 2.25. The maximum Gasteiger partial charge on any atom is 0.160 e. The highest BCUT2D eigenvalue weighted by Gasteiger charge is 2.18. The fraction of sp³-hybridized carbons (Fsp3) is 0.750. The lowest BCUT2D eigenvalue weighted by Gasteiger charge is -2.24. The Labute approximate surface area is 122 Å². The summed E-state index contributed by atoms with van der Waals surface area (Å²) in [7, 11) is 0. The Bertz CT molecular complexity index is 414. The van der Waals surface area contributed by atoms with Crippen molar-refractivity contribution in [2.45, 2.75) is 71.4 Å². The highest BCUT2D eigenvalue weighted by molar-refractivity contribution is 5.25. The molecule has 1 fully saturated rings. The van der Waals surface area contributed by atoms with Crippen LogP contribution in [0.5, 0.6) is 5.75 Å². The maximum absolute atomic E-state index is 6.15. The molecule has 0 bridgehead atoms. The Balaban J connectivity index is 2.12. The van der Waals surface area contributed by atoms with E-state index in [4.69, 9.17) is 4.74 Å². The van der Waals surface area contributed by atoms with Gasteiger partial charge in [-0.25, -0.2) is 9.97 Å². The van der Waals surface area contributed by atoms with Crippen molar-refractivity contribution < 1.29 is 4.74 Å². The lowest BCUT2D eigenvalue weighted by atomic mass is 9.98. The summed E-state index contributed by atoms with van der Waals surface area (Å²) in [6, 6.07) is 0. The van der Waals surface area contributed by atoms with Crippen molar-refractivity contribution in [1.82, 2.24) is 15.3 Å². The zero-order valence-corrected chi connectivity index (χ0v) is 13.0. The van der Waals surface area contributed by atoms with E-state index in [0.717, 1.165) is 43.2 Å². The van der Waals surface area contributed by atoms with E-state index in [2.05, 4.69) is 36.1 Å². The zero-order chi connectivity index (χ0) is 14.4. The minimum atomic E-state index is 0.345. The van der Waals surface area contributed by atoms with Crippen molar-refractivity contribution >= 4 is 0 Å². The van der Waals surface area contributed by atoms with Gasteiger partial charge < -0.3 is 10.1 Å². The quantitative estimate of drug-likeness (QED) is 0.865. The van der Waals surface area contributed by atoms with Gasteiger partial charge in [-0.15, -0.1) is 0 Å². The average molecular weight is 277 g/mol. The molecule has 20 heavy (non-hydrogen) atoms. The molecule has 1 heterocycles. The first-order valence-electron chi connectivity index (χ1n) is 7.94. The largest absolute Gasteiger partial charge is 0.487 e. The first-order chi connectivity index (χ1) is 9.70. The van der Waals surface area contributed by atoms with E-state index in [0.29, 0.717) is 12.0 Å². The fourth-order valence-electron chi connectivity index (χ4n) is 2.53. The topological polar surface area (TPSA) is 47.0 Å². The average Bonchev–Trinajstić information content (AvgIpc) is 2.47. The summed E-state index contributed by atoms with van der Waals surface area (Å²) < 4.78 is 6.15. The number of hydrogen-bond donors (Lipinski definition) is 1. The SMILES string of the molecule is CCNCc1nc(C(C)C)ncc1OC1CCCCC1. The van der Waals surface area contributed by atoms with E-state index in [1.807, 2.05) is 6.20 Å². The lowest BCUT2D eigenvalue weighted by molar-refractivity contribution is 0.151. The summed E-state index contributed by atoms with van der Waals surface area (Å²) in [6.45, 7) is 8.03. The third kappa shape index (κ3) is 4.17. The Morgan fingerprint density at radius 1 is 1.30 bits per heavy atom. The van der Waals surface area contributed by atoms with Crippen molar-refractivity contribution in [3.8, 4) is 5.75 Å². The molecule has 1 N–H and O–H groups in total. The van der Waals surface area contributed by atoms with Crippen molar-refractivity contribution in [1.29, 1.82) is 0 Å². The summed E-state index contributed by atoms with van der Waals surface area (Å²) in [5.41, 5.74) is 0.996. The first-order valence-corrected chi connectivity index (χ1v) is 7.94. The monoisotopic (exact) mass is 277 g/mol. The normalized spacial score (nSPS) is 16.6. The van der Waals surface area contributed by atoms with Gasteiger partial charge in [0.05, 0.1) is 18.0 Å². The molecule has 0 aromatic carbocycles. The molecule has 0 unspecified atom stereocenters. The summed E-state index contributed by atoms with van der Waals surface area (Å²) in [4.78, 5) is 9.13. The molecule has 4 nitrogen and oxygen atoms in total. The number of rotatable bonds is 6. The molecule has 4 heteroatoms. The minimum Gasteiger partial charge on any atom is -0.487 e. The standard InChI is InChI=1S/C16H27N3O/c1-4-17-10-14-15(11-18-16(19-14)12(2)3)20-13-8-6-5-7-9-13/h11-13,17H,4-10H2,1-3H3. The Hall–Kier alpha value is -1.16. The molecule has 0 amide bonds. The van der Waals surface area contributed by atoms with E-state index in [-0.39, 0.29) is 0 Å². The van der Waals surface area contributed by atoms with E-state index in [9.17, 15) is 0 Å². The van der Waals surface area contributed by atoms with Gasteiger partial charge in [0.15, 0.2) is 5.75 Å². The van der Waals surface area contributed by atoms with Crippen LogP contribution < -0.4 is 10.1 Å². The Kier molecular flexibility index (Phi) is 5.77. The van der Waals surface area contributed by atoms with Crippen molar-refractivity contribution in [3.63, 3.8) is 0 Å². The van der Waals surface area contributed by atoms with Gasteiger partial charge in [-0.3, -0.25) is 0 Å². The zero-order valence-electron chi connectivity index (χ0n) is 13.0. The third-order valence-electron chi connectivity index (χ3n) is 3.75. The van der Waals surface area contributed by atoms with Crippen LogP contribution in [-0.4, -0.2) is 22.6 Å². The lowest BCUT2D eigenvalue weighted by Crippen LogP contribution is -2.22. The van der Waals surface area contributed by atoms with Crippen molar-refractivity contribution in [2.75, 3.05) is 6.54 Å². The second-order valence-electron chi connectivity index (χ2n) is 5.85. The molecule has 1 aliphatic rings. The van der Waals surface area contributed by atoms with Gasteiger partial charge in [0, 0.05) is 12.5 Å². The summed E-state index contributed by atoms with van der Waals surface area (Å²) in [6.07, 6.45) is 8.42. The van der Waals surface area contributed by atoms with Crippen LogP contribution in [0.15, 0.2) is 6.20 Å². The summed E-state index contributed by atoms with van der Waals surface area (Å²) >= 11 is 0. The Morgan fingerprint density at radius 3 is 2.70 bits per heavy atom. The van der Waals surface area contributed by atoms with Crippen molar-refractivity contribution in [3.05, 3.63) is 17.7 Å². The predicted molar refractivity (Wildman–Crippen MR) is 81.0 cm³/mol. The van der Waals surface area contributed by atoms with E-state index in [1.54, 1.807) is 0 Å². The molecule has 0 spiro atoms. The number of nitrogens with zero attached hydrogens (tertiary/aromatic N) is 2. The summed E-state index contributed by atoms with van der Waals surface area (Å²) in [5, 5.41) is 3.34. The van der Waals surface area contributed by atoms with Gasteiger partial charge in [-0.2, -0.15) is 0 Å². The molecule has 0 aliphatic heterocycles. The van der Waals surface area contributed by atoms with Crippen LogP contribution >= 0.6 is 0 Å². The van der Waals surface area contributed by atoms with Gasteiger partial charge in [-0.05, 0) is 32.2 Å². The molecule has 1 saturated carbocycles. The smallest absolute Gasteiger partial charge is 0.160 e. The molecule has 1 aromatic rings. The van der Waals surface area contributed by atoms with Crippen LogP contribution in [0.1, 0.15) is 70.3 Å². The van der Waals surface area contributed by atoms with Gasteiger partial charge in [-0.1, -0.05) is 27.2 Å². The molecule has 1 aromatic heterocycles. The second kappa shape index (κ2) is 7.58.